The van der Waals surface area contributed by atoms with Crippen molar-refractivity contribution in [3.05, 3.63) is 0 Å². The molecule has 50 heavy (non-hydrogen) atoms. The Balaban J connectivity index is 2.58. The van der Waals surface area contributed by atoms with Crippen LogP contribution in [0.1, 0.15) is 98.8 Å². The Kier molecular flexibility index (Phi) is 17.0. The quantitative estimate of drug-likeness (QED) is 0.141. The van der Waals surface area contributed by atoms with Crippen LogP contribution in [0.5, 0.6) is 0 Å². The molecule has 14 nitrogen and oxygen atoms in total. The zero-order valence-electron chi connectivity index (χ0n) is 30.3. The van der Waals surface area contributed by atoms with Crippen LogP contribution in [0.3, 0.4) is 0 Å². The molecule has 0 unspecified atom stereocenters. The third-order valence-electron chi connectivity index (χ3n) is 9.54. The van der Waals surface area contributed by atoms with Gasteiger partial charge in [-0.3, -0.25) is 28.8 Å². The molecule has 286 valence electrons. The van der Waals surface area contributed by atoms with E-state index in [0.717, 1.165) is 19.3 Å². The molecule has 2 aliphatic rings. The summed E-state index contributed by atoms with van der Waals surface area (Å²) in [7, 11) is 1.45. The number of nitrogens with two attached hydrogens (primary N) is 1. The Hall–Kier alpha value is -3.40. The van der Waals surface area contributed by atoms with Gasteiger partial charge >= 0.3 is 5.97 Å². The van der Waals surface area contributed by atoms with Gasteiger partial charge in [0.1, 0.15) is 36.8 Å². The van der Waals surface area contributed by atoms with Crippen LogP contribution in [0.2, 0.25) is 0 Å². The number of amides is 5. The van der Waals surface area contributed by atoms with E-state index < -0.39 is 116 Å². The van der Waals surface area contributed by atoms with Gasteiger partial charge in [-0.2, -0.15) is 0 Å². The lowest BCUT2D eigenvalue weighted by Crippen LogP contribution is -2.62. The Morgan fingerprint density at radius 3 is 2.14 bits per heavy atom. The van der Waals surface area contributed by atoms with E-state index in [1.54, 1.807) is 6.92 Å². The van der Waals surface area contributed by atoms with Crippen LogP contribution in [0.4, 0.5) is 8.78 Å². The number of alkyl halides is 2. The van der Waals surface area contributed by atoms with E-state index in [4.69, 9.17) is 10.5 Å². The third kappa shape index (κ3) is 12.7. The molecule has 16 heteroatoms. The van der Waals surface area contributed by atoms with Crippen molar-refractivity contribution in [3.63, 3.8) is 0 Å². The van der Waals surface area contributed by atoms with Crippen LogP contribution in [0.15, 0.2) is 0 Å². The highest BCUT2D eigenvalue weighted by molar-refractivity contribution is 5.96. The number of aliphatic hydroxyl groups excluding tert-OH is 1. The molecule has 1 heterocycles. The number of halogens is 2. The van der Waals surface area contributed by atoms with E-state index in [2.05, 4.69) is 21.3 Å². The highest BCUT2D eigenvalue weighted by Gasteiger charge is 2.43. The molecule has 1 aliphatic carbocycles. The van der Waals surface area contributed by atoms with Crippen LogP contribution in [-0.4, -0.2) is 108 Å². The fourth-order valence-electron chi connectivity index (χ4n) is 6.38. The van der Waals surface area contributed by atoms with Crippen molar-refractivity contribution in [2.45, 2.75) is 141 Å². The smallest absolute Gasteiger partial charge is 0.325 e. The molecule has 2 fully saturated rings. The van der Waals surface area contributed by atoms with Crippen LogP contribution in [0, 0.1) is 17.8 Å². The minimum Gasteiger partial charge on any atom is -0.460 e. The number of esters is 1. The summed E-state index contributed by atoms with van der Waals surface area (Å²) in [6, 6.07) is -5.45. The Labute approximate surface area is 293 Å². The summed E-state index contributed by atoms with van der Waals surface area (Å²) >= 11 is 0. The average molecular weight is 717 g/mol. The maximum absolute atomic E-state index is 14.2. The predicted molar refractivity (Wildman–Crippen MR) is 180 cm³/mol. The van der Waals surface area contributed by atoms with Crippen molar-refractivity contribution in [2.24, 2.45) is 23.5 Å². The topological polar surface area (TPSA) is 209 Å². The van der Waals surface area contributed by atoms with Crippen molar-refractivity contribution >= 4 is 35.5 Å². The Bertz CT molecular complexity index is 1180. The lowest BCUT2D eigenvalue weighted by molar-refractivity contribution is -0.158. The minimum atomic E-state index is -2.93. The molecule has 0 aromatic heterocycles. The molecule has 0 bridgehead atoms. The minimum absolute atomic E-state index is 0.0861. The first-order valence-electron chi connectivity index (χ1n) is 17.8. The number of carbonyl (C=O) groups excluding carboxylic acids is 6. The van der Waals surface area contributed by atoms with E-state index in [-0.39, 0.29) is 25.2 Å². The van der Waals surface area contributed by atoms with Gasteiger partial charge in [0.2, 0.25) is 35.5 Å². The lowest BCUT2D eigenvalue weighted by Gasteiger charge is -2.37. The highest BCUT2D eigenvalue weighted by Crippen LogP contribution is 2.37. The number of ether oxygens (including phenoxy) is 1. The fraction of sp³-hybridized carbons (Fsp3) is 0.824. The summed E-state index contributed by atoms with van der Waals surface area (Å²) in [6.45, 7) is 7.50. The summed E-state index contributed by atoms with van der Waals surface area (Å²) < 4.78 is 34.0. The Morgan fingerprint density at radius 1 is 0.940 bits per heavy atom. The number of carbonyl (C=O) groups is 6. The number of hydrogen-bond acceptors (Lipinski definition) is 9. The maximum Gasteiger partial charge on any atom is 0.325 e. The highest BCUT2D eigenvalue weighted by atomic mass is 19.3. The average Bonchev–Trinajstić information content (AvgIpc) is 3.05. The first-order chi connectivity index (χ1) is 23.4. The van der Waals surface area contributed by atoms with Crippen LogP contribution >= 0.6 is 0 Å². The molecular weight excluding hydrogens is 658 g/mol. The fourth-order valence-corrected chi connectivity index (χ4v) is 6.38. The molecule has 7 N–H and O–H groups in total. The van der Waals surface area contributed by atoms with Crippen molar-refractivity contribution in [1.82, 2.24) is 26.2 Å². The summed E-state index contributed by atoms with van der Waals surface area (Å²) in [4.78, 5) is 82.3. The second kappa shape index (κ2) is 19.8. The van der Waals surface area contributed by atoms with Crippen molar-refractivity contribution in [2.75, 3.05) is 20.1 Å². The number of nitrogens with one attached hydrogen (secondary N) is 4. The molecule has 1 saturated heterocycles. The standard InChI is InChI=1S/C34H58F2N6O8/c1-7-8-9-10-11-25-20(4)33(49)42(6)24(16-19(2)3)30(46)41-28(22-12-14-34(35,36)15-13-22)32(48)39-23(17-37)29(45)40-27(21(5)43)31(47)38-18-26(44)50-25/h19-25,27-28,43H,7-18,37H2,1-6H3,(H,38,47)(H,39,48)(H,40,45)(H,41,46)/t20-,21+,23+,24+,25-,27+,28+/m1/s1. The van der Waals surface area contributed by atoms with Gasteiger partial charge in [-0.1, -0.05) is 47.0 Å². The van der Waals surface area contributed by atoms with E-state index in [1.807, 2.05) is 20.8 Å². The van der Waals surface area contributed by atoms with Crippen LogP contribution in [-0.2, 0) is 33.5 Å². The molecule has 1 saturated carbocycles. The third-order valence-corrected chi connectivity index (χ3v) is 9.54. The summed E-state index contributed by atoms with van der Waals surface area (Å²) in [5.41, 5.74) is 5.81. The molecule has 0 radical (unpaired) electrons. The molecule has 2 rings (SSSR count). The SMILES string of the molecule is CCCCCC[C@H]1OC(=O)CNC(=O)[C@H]([C@H](C)O)NC(=O)[C@H](CN)NC(=O)[C@H](C2CCC(F)(F)CC2)NC(=O)[C@H](CC(C)C)N(C)C(=O)[C@@H]1C. The molecule has 1 aliphatic heterocycles. The molecule has 5 amide bonds. The van der Waals surface area contributed by atoms with E-state index in [9.17, 15) is 42.7 Å². The number of nitrogens with zero attached hydrogens (tertiary/aromatic N) is 1. The second-order valence-electron chi connectivity index (χ2n) is 14.2. The van der Waals surface area contributed by atoms with Crippen molar-refractivity contribution in [1.29, 1.82) is 0 Å². The monoisotopic (exact) mass is 716 g/mol. The number of aliphatic hydroxyl groups is 1. The Morgan fingerprint density at radius 2 is 1.58 bits per heavy atom. The number of cyclic esters (lactones) is 1. The zero-order chi connectivity index (χ0) is 37.8. The molecule has 7 atom stereocenters. The first kappa shape index (κ1) is 42.8. The van der Waals surface area contributed by atoms with E-state index >= 15 is 0 Å². The molecule has 0 aromatic carbocycles. The lowest BCUT2D eigenvalue weighted by atomic mass is 9.81. The summed E-state index contributed by atoms with van der Waals surface area (Å²) in [5, 5.41) is 20.2. The van der Waals surface area contributed by atoms with Gasteiger partial charge < -0.3 is 41.7 Å². The number of likely N-dealkylation sites (N-methyl/N-ethyl adjacent to an activating group) is 1. The molecule has 0 spiro atoms. The normalized spacial score (nSPS) is 29.1. The van der Waals surface area contributed by atoms with Gasteiger partial charge in [-0.15, -0.1) is 0 Å². The number of rotatable bonds is 10. The van der Waals surface area contributed by atoms with Gasteiger partial charge in [0.25, 0.3) is 0 Å². The van der Waals surface area contributed by atoms with Crippen molar-refractivity contribution in [3.8, 4) is 0 Å². The number of hydrogen-bond donors (Lipinski definition) is 6. The van der Waals surface area contributed by atoms with Gasteiger partial charge in [0, 0.05) is 26.4 Å². The predicted octanol–water partition coefficient (Wildman–Crippen LogP) is 1.13. The summed E-state index contributed by atoms with van der Waals surface area (Å²) in [6.07, 6.45) is 0.333. The van der Waals surface area contributed by atoms with Crippen LogP contribution < -0.4 is 27.0 Å². The second-order valence-corrected chi connectivity index (χ2v) is 14.2. The molecular formula is C34H58F2N6O8. The molecule has 0 aromatic rings. The van der Waals surface area contributed by atoms with Gasteiger partial charge in [0.15, 0.2) is 0 Å². The van der Waals surface area contributed by atoms with Gasteiger partial charge in [0.05, 0.1) is 12.0 Å². The van der Waals surface area contributed by atoms with E-state index in [0.29, 0.717) is 12.8 Å². The number of unbranched alkanes of at least 4 members (excludes halogenated alkanes) is 3. The first-order valence-corrected chi connectivity index (χ1v) is 17.8. The van der Waals surface area contributed by atoms with Crippen molar-refractivity contribution < 1.29 is 47.4 Å². The van der Waals surface area contributed by atoms with E-state index in [1.165, 1.54) is 18.9 Å². The van der Waals surface area contributed by atoms with Gasteiger partial charge in [-0.25, -0.2) is 8.78 Å². The summed E-state index contributed by atoms with van der Waals surface area (Å²) in [5.74, 6) is -9.39. The zero-order valence-corrected chi connectivity index (χ0v) is 30.3. The van der Waals surface area contributed by atoms with Crippen LogP contribution in [0.25, 0.3) is 0 Å². The maximum atomic E-state index is 14.2. The van der Waals surface area contributed by atoms with Gasteiger partial charge in [-0.05, 0) is 50.9 Å². The largest absolute Gasteiger partial charge is 0.460 e.